The second kappa shape index (κ2) is 6.54. The molecule has 3 atom stereocenters. The molecule has 2 rings (SSSR count). The Morgan fingerprint density at radius 1 is 1.35 bits per heavy atom. The molecule has 1 amide bonds. The SMILES string of the molecule is CN1CCCC2CN(C(=O)C(N)CCC(=O)O)CCC21. The maximum absolute atomic E-state index is 12.3. The number of fused-ring (bicyclic) bond motifs is 1. The van der Waals surface area contributed by atoms with Crippen LogP contribution in [0.5, 0.6) is 0 Å². The van der Waals surface area contributed by atoms with Crippen LogP contribution in [0.15, 0.2) is 0 Å². The van der Waals surface area contributed by atoms with Gasteiger partial charge in [-0.15, -0.1) is 0 Å². The fraction of sp³-hybridized carbons (Fsp3) is 0.857. The van der Waals surface area contributed by atoms with Crippen LogP contribution in [0.3, 0.4) is 0 Å². The molecule has 0 bridgehead atoms. The number of carbonyl (C=O) groups excluding carboxylic acids is 1. The number of aliphatic carboxylic acids is 1. The summed E-state index contributed by atoms with van der Waals surface area (Å²) in [6, 6.07) is -0.0907. The highest BCUT2D eigenvalue weighted by molar-refractivity contribution is 5.82. The van der Waals surface area contributed by atoms with Crippen molar-refractivity contribution >= 4 is 11.9 Å². The Kier molecular flexibility index (Phi) is 4.99. The van der Waals surface area contributed by atoms with Crippen LogP contribution < -0.4 is 5.73 Å². The first kappa shape index (κ1) is 15.3. The summed E-state index contributed by atoms with van der Waals surface area (Å²) in [7, 11) is 2.16. The van der Waals surface area contributed by atoms with Crippen LogP contribution in [0.2, 0.25) is 0 Å². The number of carboxylic acid groups (broad SMARTS) is 1. The van der Waals surface area contributed by atoms with Crippen LogP contribution >= 0.6 is 0 Å². The molecule has 2 saturated heterocycles. The zero-order chi connectivity index (χ0) is 14.7. The van der Waals surface area contributed by atoms with Crippen molar-refractivity contribution in [1.29, 1.82) is 0 Å². The molecule has 2 aliphatic rings. The van der Waals surface area contributed by atoms with Crippen molar-refractivity contribution in [1.82, 2.24) is 9.80 Å². The molecular weight excluding hydrogens is 258 g/mol. The maximum atomic E-state index is 12.3. The van der Waals surface area contributed by atoms with Crippen LogP contribution in [0.1, 0.15) is 32.1 Å². The lowest BCUT2D eigenvalue weighted by atomic mass is 9.84. The fourth-order valence-corrected chi connectivity index (χ4v) is 3.49. The molecule has 0 aliphatic carbocycles. The zero-order valence-corrected chi connectivity index (χ0v) is 12.1. The Bertz CT molecular complexity index is 375. The minimum atomic E-state index is -0.902. The highest BCUT2D eigenvalue weighted by Crippen LogP contribution is 2.29. The molecule has 3 unspecified atom stereocenters. The average Bonchev–Trinajstić information content (AvgIpc) is 2.43. The maximum Gasteiger partial charge on any atom is 0.303 e. The predicted molar refractivity (Wildman–Crippen MR) is 75.2 cm³/mol. The molecular formula is C14H25N3O3. The lowest BCUT2D eigenvalue weighted by molar-refractivity contribution is -0.138. The smallest absolute Gasteiger partial charge is 0.303 e. The Morgan fingerprint density at radius 2 is 2.10 bits per heavy atom. The quantitative estimate of drug-likeness (QED) is 0.765. The van der Waals surface area contributed by atoms with Gasteiger partial charge < -0.3 is 20.6 Å². The lowest BCUT2D eigenvalue weighted by Crippen LogP contribution is -2.56. The minimum Gasteiger partial charge on any atom is -0.481 e. The number of piperidine rings is 2. The number of carboxylic acids is 1. The van der Waals surface area contributed by atoms with Crippen molar-refractivity contribution in [3.63, 3.8) is 0 Å². The third-order valence-electron chi connectivity index (χ3n) is 4.64. The van der Waals surface area contributed by atoms with Gasteiger partial charge in [0.15, 0.2) is 0 Å². The predicted octanol–water partition coefficient (Wildman–Crippen LogP) is 0.121. The topological polar surface area (TPSA) is 86.9 Å². The van der Waals surface area contributed by atoms with E-state index in [1.54, 1.807) is 0 Å². The summed E-state index contributed by atoms with van der Waals surface area (Å²) < 4.78 is 0. The van der Waals surface area contributed by atoms with Gasteiger partial charge in [-0.2, -0.15) is 0 Å². The van der Waals surface area contributed by atoms with Crippen molar-refractivity contribution < 1.29 is 14.7 Å². The molecule has 0 aromatic rings. The van der Waals surface area contributed by atoms with Crippen molar-refractivity contribution in [2.45, 2.75) is 44.2 Å². The molecule has 0 spiro atoms. The third kappa shape index (κ3) is 3.49. The van der Waals surface area contributed by atoms with Gasteiger partial charge in [-0.25, -0.2) is 0 Å². The molecule has 3 N–H and O–H groups in total. The molecule has 0 aromatic heterocycles. The van der Waals surface area contributed by atoms with Crippen molar-refractivity contribution in [3.05, 3.63) is 0 Å². The summed E-state index contributed by atoms with van der Waals surface area (Å²) in [5.41, 5.74) is 5.83. The van der Waals surface area contributed by atoms with Gasteiger partial charge in [-0.3, -0.25) is 9.59 Å². The summed E-state index contributed by atoms with van der Waals surface area (Å²) in [6.07, 6.45) is 3.53. The van der Waals surface area contributed by atoms with E-state index in [9.17, 15) is 9.59 Å². The molecule has 0 aromatic carbocycles. The van der Waals surface area contributed by atoms with Gasteiger partial charge in [0.25, 0.3) is 0 Å². The summed E-state index contributed by atoms with van der Waals surface area (Å²) in [5.74, 6) is -0.447. The normalized spacial score (nSPS) is 28.8. The van der Waals surface area contributed by atoms with Crippen LogP contribution in [-0.2, 0) is 9.59 Å². The Morgan fingerprint density at radius 3 is 2.80 bits per heavy atom. The largest absolute Gasteiger partial charge is 0.481 e. The van der Waals surface area contributed by atoms with E-state index in [4.69, 9.17) is 10.8 Å². The monoisotopic (exact) mass is 283 g/mol. The molecule has 2 fully saturated rings. The van der Waals surface area contributed by atoms with E-state index in [2.05, 4.69) is 11.9 Å². The summed E-state index contributed by atoms with van der Waals surface area (Å²) in [5, 5.41) is 8.65. The van der Waals surface area contributed by atoms with Gasteiger partial charge in [0.2, 0.25) is 5.91 Å². The van der Waals surface area contributed by atoms with Gasteiger partial charge in [-0.1, -0.05) is 0 Å². The lowest BCUT2D eigenvalue weighted by Gasteiger charge is -2.46. The van der Waals surface area contributed by atoms with Crippen LogP contribution in [0, 0.1) is 5.92 Å². The number of carbonyl (C=O) groups is 2. The van der Waals surface area contributed by atoms with Crippen molar-refractivity contribution in [3.8, 4) is 0 Å². The molecule has 114 valence electrons. The minimum absolute atomic E-state index is 0.0461. The van der Waals surface area contributed by atoms with Crippen LogP contribution in [0.4, 0.5) is 0 Å². The molecule has 2 aliphatic heterocycles. The number of hydrogen-bond donors (Lipinski definition) is 2. The zero-order valence-electron chi connectivity index (χ0n) is 12.1. The van der Waals surface area contributed by atoms with E-state index >= 15 is 0 Å². The van der Waals surface area contributed by atoms with Gasteiger partial charge in [-0.05, 0) is 45.2 Å². The van der Waals surface area contributed by atoms with E-state index < -0.39 is 12.0 Å². The second-order valence-corrected chi connectivity index (χ2v) is 6.06. The highest BCUT2D eigenvalue weighted by atomic mass is 16.4. The first-order valence-corrected chi connectivity index (χ1v) is 7.45. The number of rotatable bonds is 4. The molecule has 0 saturated carbocycles. The number of nitrogens with two attached hydrogens (primary N) is 1. The number of likely N-dealkylation sites (tertiary alicyclic amines) is 2. The second-order valence-electron chi connectivity index (χ2n) is 6.06. The molecule has 0 radical (unpaired) electrons. The van der Waals surface area contributed by atoms with Gasteiger partial charge >= 0.3 is 5.97 Å². The third-order valence-corrected chi connectivity index (χ3v) is 4.64. The molecule has 2 heterocycles. The van der Waals surface area contributed by atoms with E-state index in [0.717, 1.165) is 26.1 Å². The first-order valence-electron chi connectivity index (χ1n) is 7.45. The number of amides is 1. The molecule has 6 heteroatoms. The summed E-state index contributed by atoms with van der Waals surface area (Å²) in [4.78, 5) is 27.0. The van der Waals surface area contributed by atoms with Crippen LogP contribution in [-0.4, -0.2) is 65.5 Å². The fourth-order valence-electron chi connectivity index (χ4n) is 3.49. The van der Waals surface area contributed by atoms with E-state index in [1.807, 2.05) is 4.90 Å². The first-order chi connectivity index (χ1) is 9.49. The molecule has 20 heavy (non-hydrogen) atoms. The average molecular weight is 283 g/mol. The number of nitrogens with zero attached hydrogens (tertiary/aromatic N) is 2. The van der Waals surface area contributed by atoms with Gasteiger partial charge in [0.1, 0.15) is 0 Å². The van der Waals surface area contributed by atoms with Crippen molar-refractivity contribution in [2.24, 2.45) is 11.7 Å². The van der Waals surface area contributed by atoms with E-state index in [0.29, 0.717) is 12.0 Å². The molecule has 6 nitrogen and oxygen atoms in total. The standard InChI is InChI=1S/C14H25N3O3/c1-16-7-2-3-10-9-17(8-6-12(10)16)14(20)11(15)4-5-13(18)19/h10-12H,2-9,15H2,1H3,(H,18,19). The number of hydrogen-bond acceptors (Lipinski definition) is 4. The summed E-state index contributed by atoms with van der Waals surface area (Å²) in [6.45, 7) is 2.66. The van der Waals surface area contributed by atoms with Gasteiger partial charge in [0, 0.05) is 25.6 Å². The van der Waals surface area contributed by atoms with E-state index in [-0.39, 0.29) is 18.7 Å². The van der Waals surface area contributed by atoms with Gasteiger partial charge in [0.05, 0.1) is 6.04 Å². The van der Waals surface area contributed by atoms with Crippen LogP contribution in [0.25, 0.3) is 0 Å². The Labute approximate surface area is 119 Å². The highest BCUT2D eigenvalue weighted by Gasteiger charge is 2.36. The van der Waals surface area contributed by atoms with E-state index in [1.165, 1.54) is 12.8 Å². The Hall–Kier alpha value is -1.14. The van der Waals surface area contributed by atoms with Crippen molar-refractivity contribution in [2.75, 3.05) is 26.7 Å². The Balaban J connectivity index is 1.87. The summed E-state index contributed by atoms with van der Waals surface area (Å²) >= 11 is 0.